The van der Waals surface area contributed by atoms with Gasteiger partial charge in [-0.15, -0.1) is 5.10 Å². The molecule has 0 aliphatic rings. The molecule has 1 aromatic carbocycles. The number of carbonyl (C=O) groups excluding carboxylic acids is 2. The predicted octanol–water partition coefficient (Wildman–Crippen LogP) is 0.758. The van der Waals surface area contributed by atoms with Crippen molar-refractivity contribution < 1.29 is 14.7 Å². The maximum absolute atomic E-state index is 11.9. The van der Waals surface area contributed by atoms with E-state index in [1.807, 2.05) is 0 Å². The number of urea groups is 2. The Balaban J connectivity index is 1.72. The molecule has 0 fully saturated rings. The lowest BCUT2D eigenvalue weighted by Gasteiger charge is -2.17. The molecular formula is C16H23N7O3. The van der Waals surface area contributed by atoms with Crippen molar-refractivity contribution >= 4 is 23.4 Å². The fourth-order valence-corrected chi connectivity index (χ4v) is 2.19. The van der Waals surface area contributed by atoms with Crippen molar-refractivity contribution in [2.24, 2.45) is 0 Å². The van der Waals surface area contributed by atoms with Gasteiger partial charge in [-0.1, -0.05) is 5.21 Å². The highest BCUT2D eigenvalue weighted by Gasteiger charge is 2.08. The minimum absolute atomic E-state index is 0.141. The summed E-state index contributed by atoms with van der Waals surface area (Å²) in [5, 5.41) is 24.6. The molecule has 26 heavy (non-hydrogen) atoms. The van der Waals surface area contributed by atoms with Crippen LogP contribution in [0, 0.1) is 0 Å². The fraction of sp³-hybridized carbons (Fsp3) is 0.375. The van der Waals surface area contributed by atoms with Gasteiger partial charge in [0.1, 0.15) is 5.69 Å². The Kier molecular flexibility index (Phi) is 6.92. The average Bonchev–Trinajstić information content (AvgIpc) is 3.12. The first-order valence-electron chi connectivity index (χ1n) is 8.13. The summed E-state index contributed by atoms with van der Waals surface area (Å²) in [7, 11) is 3.22. The van der Waals surface area contributed by atoms with Crippen LogP contribution < -0.4 is 20.9 Å². The van der Waals surface area contributed by atoms with Gasteiger partial charge in [-0.25, -0.2) is 9.59 Å². The number of carbonyl (C=O) groups is 2. The first-order valence-corrected chi connectivity index (χ1v) is 8.13. The second-order valence-corrected chi connectivity index (χ2v) is 5.53. The molecule has 10 nitrogen and oxygen atoms in total. The number of benzene rings is 1. The summed E-state index contributed by atoms with van der Waals surface area (Å²) in [5.74, 6) is 0. The van der Waals surface area contributed by atoms with Gasteiger partial charge in [-0.3, -0.25) is 9.58 Å². The summed E-state index contributed by atoms with van der Waals surface area (Å²) in [4.78, 5) is 24.9. The van der Waals surface area contributed by atoms with Gasteiger partial charge in [0.15, 0.2) is 0 Å². The Morgan fingerprint density at radius 1 is 1.27 bits per heavy atom. The first kappa shape index (κ1) is 19.2. The lowest BCUT2D eigenvalue weighted by molar-refractivity contribution is 0.249. The summed E-state index contributed by atoms with van der Waals surface area (Å²) < 4.78 is 1.62. The van der Waals surface area contributed by atoms with Gasteiger partial charge >= 0.3 is 12.1 Å². The topological polar surface area (TPSA) is 124 Å². The summed E-state index contributed by atoms with van der Waals surface area (Å²) in [5.41, 5.74) is 1.85. The third-order valence-electron chi connectivity index (χ3n) is 3.63. The molecule has 1 heterocycles. The number of anilines is 2. The molecule has 4 amide bonds. The molecule has 0 aliphatic carbocycles. The molecule has 0 spiro atoms. The minimum Gasteiger partial charge on any atom is -0.390 e. The van der Waals surface area contributed by atoms with Crippen LogP contribution in [0.25, 0.3) is 0 Å². The number of hydrogen-bond acceptors (Lipinski definition) is 5. The lowest BCUT2D eigenvalue weighted by Crippen LogP contribution is -2.34. The molecule has 140 valence electrons. The molecule has 2 rings (SSSR count). The molecule has 0 aliphatic heterocycles. The van der Waals surface area contributed by atoms with Crippen LogP contribution in [-0.4, -0.2) is 52.8 Å². The lowest BCUT2D eigenvalue weighted by atomic mass is 10.2. The monoisotopic (exact) mass is 361 g/mol. The van der Waals surface area contributed by atoms with Gasteiger partial charge in [-0.05, 0) is 30.7 Å². The highest BCUT2D eigenvalue weighted by Crippen LogP contribution is 2.16. The van der Waals surface area contributed by atoms with E-state index in [1.165, 1.54) is 4.90 Å². The van der Waals surface area contributed by atoms with Crippen LogP contribution in [-0.2, 0) is 13.2 Å². The number of nitrogens with zero attached hydrogens (tertiary/aromatic N) is 4. The van der Waals surface area contributed by atoms with E-state index < -0.39 is 0 Å². The summed E-state index contributed by atoms with van der Waals surface area (Å²) >= 11 is 0. The Hall–Kier alpha value is -3.14. The molecule has 0 radical (unpaired) electrons. The van der Waals surface area contributed by atoms with Gasteiger partial charge < -0.3 is 21.1 Å². The minimum atomic E-state index is -0.313. The van der Waals surface area contributed by atoms with Crippen LogP contribution in [0.5, 0.6) is 0 Å². The van der Waals surface area contributed by atoms with E-state index in [1.54, 1.807) is 49.2 Å². The van der Waals surface area contributed by atoms with Gasteiger partial charge in [0.25, 0.3) is 0 Å². The smallest absolute Gasteiger partial charge is 0.321 e. The molecular weight excluding hydrogens is 338 g/mol. The number of aromatic nitrogens is 3. The van der Waals surface area contributed by atoms with Crippen molar-refractivity contribution in [2.45, 2.75) is 19.6 Å². The van der Waals surface area contributed by atoms with Crippen LogP contribution in [0.15, 0.2) is 30.5 Å². The molecule has 4 N–H and O–H groups in total. The zero-order chi connectivity index (χ0) is 18.9. The van der Waals surface area contributed by atoms with Crippen molar-refractivity contribution in [3.8, 4) is 0 Å². The number of aliphatic hydroxyl groups excluding tert-OH is 1. The SMILES string of the molecule is CNC(=O)N(C)c1ccc(NC(=O)NCCCn2cc(CO)nn2)cc1. The van der Waals surface area contributed by atoms with Crippen molar-refractivity contribution in [2.75, 3.05) is 30.9 Å². The van der Waals surface area contributed by atoms with Crippen molar-refractivity contribution in [3.63, 3.8) is 0 Å². The van der Waals surface area contributed by atoms with Crippen molar-refractivity contribution in [1.29, 1.82) is 0 Å². The van der Waals surface area contributed by atoms with E-state index in [-0.39, 0.29) is 18.7 Å². The Bertz CT molecular complexity index is 730. The maximum atomic E-state index is 11.9. The van der Waals surface area contributed by atoms with E-state index in [2.05, 4.69) is 26.3 Å². The van der Waals surface area contributed by atoms with Crippen LogP contribution in [0.2, 0.25) is 0 Å². The van der Waals surface area contributed by atoms with Crippen LogP contribution in [0.3, 0.4) is 0 Å². The number of aryl methyl sites for hydroxylation is 1. The Labute approximate surface area is 151 Å². The normalized spacial score (nSPS) is 10.3. The van der Waals surface area contributed by atoms with Crippen LogP contribution in [0.1, 0.15) is 12.1 Å². The summed E-state index contributed by atoms with van der Waals surface area (Å²) in [6, 6.07) is 6.40. The zero-order valence-electron chi connectivity index (χ0n) is 14.8. The second-order valence-electron chi connectivity index (χ2n) is 5.53. The molecule has 0 unspecified atom stereocenters. The number of rotatable bonds is 7. The van der Waals surface area contributed by atoms with Gasteiger partial charge in [-0.2, -0.15) is 0 Å². The van der Waals surface area contributed by atoms with E-state index in [4.69, 9.17) is 5.11 Å². The third kappa shape index (κ3) is 5.45. The Morgan fingerprint density at radius 2 is 2.00 bits per heavy atom. The molecule has 1 aromatic heterocycles. The van der Waals surface area contributed by atoms with E-state index >= 15 is 0 Å². The standard InChI is InChI=1S/C16H23N7O3/c1-17-16(26)22(2)14-6-4-12(5-7-14)19-15(25)18-8-3-9-23-10-13(11-24)20-21-23/h4-7,10,24H,3,8-9,11H2,1-2H3,(H,17,26)(H2,18,19,25). The highest BCUT2D eigenvalue weighted by atomic mass is 16.3. The molecule has 0 saturated carbocycles. The van der Waals surface area contributed by atoms with Gasteiger partial charge in [0, 0.05) is 38.6 Å². The van der Waals surface area contributed by atoms with Crippen molar-refractivity contribution in [3.05, 3.63) is 36.2 Å². The predicted molar refractivity (Wildman–Crippen MR) is 96.9 cm³/mol. The number of aliphatic hydroxyl groups is 1. The molecule has 0 atom stereocenters. The highest BCUT2D eigenvalue weighted by molar-refractivity contribution is 5.92. The van der Waals surface area contributed by atoms with Gasteiger partial charge in [0.2, 0.25) is 0 Å². The first-order chi connectivity index (χ1) is 12.5. The molecule has 10 heteroatoms. The molecule has 0 bridgehead atoms. The van der Waals surface area contributed by atoms with E-state index in [0.717, 1.165) is 0 Å². The van der Waals surface area contributed by atoms with Crippen molar-refractivity contribution in [1.82, 2.24) is 25.6 Å². The second kappa shape index (κ2) is 9.37. The van der Waals surface area contributed by atoms with E-state index in [9.17, 15) is 9.59 Å². The summed E-state index contributed by atoms with van der Waals surface area (Å²) in [6.45, 7) is 0.920. The quantitative estimate of drug-likeness (QED) is 0.542. The molecule has 2 aromatic rings. The number of nitrogens with one attached hydrogen (secondary N) is 3. The number of hydrogen-bond donors (Lipinski definition) is 4. The number of amides is 4. The maximum Gasteiger partial charge on any atom is 0.321 e. The zero-order valence-corrected chi connectivity index (χ0v) is 14.8. The fourth-order valence-electron chi connectivity index (χ4n) is 2.19. The van der Waals surface area contributed by atoms with E-state index in [0.29, 0.717) is 36.6 Å². The largest absolute Gasteiger partial charge is 0.390 e. The Morgan fingerprint density at radius 3 is 2.62 bits per heavy atom. The average molecular weight is 361 g/mol. The van der Waals surface area contributed by atoms with Gasteiger partial charge in [0.05, 0.1) is 12.8 Å². The third-order valence-corrected chi connectivity index (χ3v) is 3.63. The summed E-state index contributed by atoms with van der Waals surface area (Å²) in [6.07, 6.45) is 2.34. The van der Waals surface area contributed by atoms with Crippen LogP contribution >= 0.6 is 0 Å². The van der Waals surface area contributed by atoms with Crippen LogP contribution in [0.4, 0.5) is 21.0 Å². The molecule has 0 saturated heterocycles.